The van der Waals surface area contributed by atoms with Crippen molar-refractivity contribution in [3.8, 4) is 11.3 Å². The van der Waals surface area contributed by atoms with Crippen LogP contribution < -0.4 is 0 Å². The van der Waals surface area contributed by atoms with E-state index in [0.717, 1.165) is 0 Å². The zero-order valence-electron chi connectivity index (χ0n) is 13.4. The summed E-state index contributed by atoms with van der Waals surface area (Å²) in [5, 5.41) is 1.49. The summed E-state index contributed by atoms with van der Waals surface area (Å²) in [7, 11) is 0. The van der Waals surface area contributed by atoms with Crippen molar-refractivity contribution in [1.82, 2.24) is 9.88 Å². The molecule has 2 aliphatic rings. The van der Waals surface area contributed by atoms with Gasteiger partial charge >= 0.3 is 0 Å². The second-order valence-corrected chi connectivity index (χ2v) is 6.91. The highest BCUT2D eigenvalue weighted by molar-refractivity contribution is 5.94. The van der Waals surface area contributed by atoms with Gasteiger partial charge in [-0.25, -0.2) is 0 Å². The van der Waals surface area contributed by atoms with Crippen LogP contribution in [0, 0.1) is 0 Å². The molecule has 1 saturated heterocycles. The van der Waals surface area contributed by atoms with E-state index in [1.54, 1.807) is 5.56 Å². The standard InChI is InChI=1S/C21H22N2/c1-2-7-15(8-3-1)21-17-11-12-19(23-13-4-5-14-23)16-9-6-10-18(22-21)20(16)17/h1-3,6-10,19,22H,4-5,11-14H2. The smallest absolute Gasteiger partial charge is 0.0497 e. The van der Waals surface area contributed by atoms with Crippen LogP contribution in [0.5, 0.6) is 0 Å². The molecule has 1 unspecified atom stereocenters. The molecule has 1 atom stereocenters. The molecule has 0 spiro atoms. The number of aryl methyl sites for hydroxylation is 1. The van der Waals surface area contributed by atoms with E-state index in [9.17, 15) is 0 Å². The van der Waals surface area contributed by atoms with Gasteiger partial charge in [0.05, 0.1) is 0 Å². The largest absolute Gasteiger partial charge is 0.354 e. The average molecular weight is 302 g/mol. The van der Waals surface area contributed by atoms with Crippen LogP contribution in [-0.2, 0) is 6.42 Å². The predicted octanol–water partition coefficient (Wildman–Crippen LogP) is 4.92. The second-order valence-electron chi connectivity index (χ2n) is 6.91. The first kappa shape index (κ1) is 13.4. The number of nitrogens with one attached hydrogen (secondary N) is 1. The number of benzene rings is 2. The number of aromatic nitrogens is 1. The molecule has 2 heteroatoms. The predicted molar refractivity (Wildman–Crippen MR) is 95.6 cm³/mol. The van der Waals surface area contributed by atoms with E-state index in [0.29, 0.717) is 6.04 Å². The number of aromatic amines is 1. The topological polar surface area (TPSA) is 19.0 Å². The maximum Gasteiger partial charge on any atom is 0.0497 e. The highest BCUT2D eigenvalue weighted by atomic mass is 15.2. The van der Waals surface area contributed by atoms with Crippen molar-refractivity contribution in [2.24, 2.45) is 0 Å². The lowest BCUT2D eigenvalue weighted by atomic mass is 9.86. The fourth-order valence-electron chi connectivity index (χ4n) is 4.59. The molecule has 2 heterocycles. The van der Waals surface area contributed by atoms with Crippen LogP contribution >= 0.6 is 0 Å². The number of hydrogen-bond acceptors (Lipinski definition) is 1. The van der Waals surface area contributed by atoms with Gasteiger partial charge < -0.3 is 4.98 Å². The maximum absolute atomic E-state index is 3.70. The van der Waals surface area contributed by atoms with Gasteiger partial charge in [0, 0.05) is 22.6 Å². The van der Waals surface area contributed by atoms with E-state index < -0.39 is 0 Å². The Morgan fingerprint density at radius 2 is 1.74 bits per heavy atom. The molecule has 116 valence electrons. The number of hydrogen-bond donors (Lipinski definition) is 1. The fourth-order valence-corrected chi connectivity index (χ4v) is 4.59. The van der Waals surface area contributed by atoms with Crippen LogP contribution in [0.15, 0.2) is 48.5 Å². The Morgan fingerprint density at radius 1 is 0.913 bits per heavy atom. The van der Waals surface area contributed by atoms with Crippen LogP contribution in [0.2, 0.25) is 0 Å². The second kappa shape index (κ2) is 5.24. The van der Waals surface area contributed by atoms with Crippen molar-refractivity contribution in [2.75, 3.05) is 13.1 Å². The number of H-pyrrole nitrogens is 1. The zero-order valence-corrected chi connectivity index (χ0v) is 13.4. The minimum absolute atomic E-state index is 0.619. The molecule has 0 radical (unpaired) electrons. The lowest BCUT2D eigenvalue weighted by Crippen LogP contribution is -2.27. The molecule has 2 nitrogen and oxygen atoms in total. The van der Waals surface area contributed by atoms with Gasteiger partial charge in [0.2, 0.25) is 0 Å². The number of likely N-dealkylation sites (tertiary alicyclic amines) is 1. The van der Waals surface area contributed by atoms with Gasteiger partial charge in [0.15, 0.2) is 0 Å². The minimum Gasteiger partial charge on any atom is -0.354 e. The molecule has 1 aromatic heterocycles. The third-order valence-electron chi connectivity index (χ3n) is 5.63. The third kappa shape index (κ3) is 2.05. The summed E-state index contributed by atoms with van der Waals surface area (Å²) >= 11 is 0. The van der Waals surface area contributed by atoms with Gasteiger partial charge in [0.25, 0.3) is 0 Å². The first-order valence-corrected chi connectivity index (χ1v) is 8.85. The average Bonchev–Trinajstić information content (AvgIpc) is 3.26. The Morgan fingerprint density at radius 3 is 2.57 bits per heavy atom. The van der Waals surface area contributed by atoms with Crippen molar-refractivity contribution in [3.63, 3.8) is 0 Å². The summed E-state index contributed by atoms with van der Waals surface area (Å²) in [6.07, 6.45) is 5.16. The van der Waals surface area contributed by atoms with E-state index in [1.165, 1.54) is 66.5 Å². The summed E-state index contributed by atoms with van der Waals surface area (Å²) in [4.78, 5) is 6.41. The Hall–Kier alpha value is -2.06. The van der Waals surface area contributed by atoms with Gasteiger partial charge in [-0.05, 0) is 61.5 Å². The monoisotopic (exact) mass is 302 g/mol. The highest BCUT2D eigenvalue weighted by Gasteiger charge is 2.30. The Bertz CT molecular complexity index is 841. The summed E-state index contributed by atoms with van der Waals surface area (Å²) in [5.74, 6) is 0. The van der Waals surface area contributed by atoms with Crippen LogP contribution in [0.25, 0.3) is 22.2 Å². The minimum atomic E-state index is 0.619. The summed E-state index contributed by atoms with van der Waals surface area (Å²) in [6, 6.07) is 18.2. The van der Waals surface area contributed by atoms with Crippen molar-refractivity contribution < 1.29 is 0 Å². The Labute approximate surface area is 137 Å². The molecule has 2 aromatic carbocycles. The molecular formula is C21H22N2. The van der Waals surface area contributed by atoms with Crippen LogP contribution in [0.1, 0.15) is 36.4 Å². The van der Waals surface area contributed by atoms with Gasteiger partial charge in [-0.1, -0.05) is 42.5 Å². The normalized spacial score (nSPS) is 21.1. The van der Waals surface area contributed by atoms with Crippen LogP contribution in [0.3, 0.4) is 0 Å². The first-order valence-electron chi connectivity index (χ1n) is 8.85. The van der Waals surface area contributed by atoms with Crippen molar-refractivity contribution in [2.45, 2.75) is 31.7 Å². The molecule has 0 saturated carbocycles. The Kier molecular flexibility index (Phi) is 3.05. The first-order chi connectivity index (χ1) is 11.4. The highest BCUT2D eigenvalue weighted by Crippen LogP contribution is 2.43. The SMILES string of the molecule is c1ccc(-c2[nH]c3cccc4c3c2CCC4N2CCCC2)cc1. The molecule has 0 bridgehead atoms. The van der Waals surface area contributed by atoms with Crippen molar-refractivity contribution in [1.29, 1.82) is 0 Å². The lowest BCUT2D eigenvalue weighted by Gasteiger charge is -2.31. The van der Waals surface area contributed by atoms with Crippen LogP contribution in [-0.4, -0.2) is 23.0 Å². The van der Waals surface area contributed by atoms with E-state index in [2.05, 4.69) is 58.4 Å². The molecule has 1 aliphatic heterocycles. The summed E-state index contributed by atoms with van der Waals surface area (Å²) < 4.78 is 0. The third-order valence-corrected chi connectivity index (χ3v) is 5.63. The van der Waals surface area contributed by atoms with E-state index in [4.69, 9.17) is 0 Å². The molecular weight excluding hydrogens is 280 g/mol. The maximum atomic E-state index is 3.70. The summed E-state index contributed by atoms with van der Waals surface area (Å²) in [5.41, 5.74) is 7.01. The number of rotatable bonds is 2. The molecule has 5 rings (SSSR count). The molecule has 0 amide bonds. The van der Waals surface area contributed by atoms with E-state index >= 15 is 0 Å². The molecule has 23 heavy (non-hydrogen) atoms. The molecule has 1 fully saturated rings. The molecule has 1 aliphatic carbocycles. The van der Waals surface area contributed by atoms with E-state index in [-0.39, 0.29) is 0 Å². The van der Waals surface area contributed by atoms with Crippen molar-refractivity contribution in [3.05, 3.63) is 59.7 Å². The fraction of sp³-hybridized carbons (Fsp3) is 0.333. The Balaban J connectivity index is 1.69. The zero-order chi connectivity index (χ0) is 15.2. The molecule has 1 N–H and O–H groups in total. The number of nitrogens with zero attached hydrogens (tertiary/aromatic N) is 1. The summed E-state index contributed by atoms with van der Waals surface area (Å²) in [6.45, 7) is 2.54. The quantitative estimate of drug-likeness (QED) is 0.712. The van der Waals surface area contributed by atoms with Crippen LogP contribution in [0.4, 0.5) is 0 Å². The van der Waals surface area contributed by atoms with Gasteiger partial charge in [-0.15, -0.1) is 0 Å². The molecule has 3 aromatic rings. The van der Waals surface area contributed by atoms with E-state index in [1.807, 2.05) is 0 Å². The van der Waals surface area contributed by atoms with Gasteiger partial charge in [-0.2, -0.15) is 0 Å². The van der Waals surface area contributed by atoms with Gasteiger partial charge in [0.1, 0.15) is 0 Å². The van der Waals surface area contributed by atoms with Crippen molar-refractivity contribution >= 4 is 10.9 Å². The lowest BCUT2D eigenvalue weighted by molar-refractivity contribution is 0.232. The van der Waals surface area contributed by atoms with Gasteiger partial charge in [-0.3, -0.25) is 4.90 Å².